The van der Waals surface area contributed by atoms with E-state index in [1.54, 1.807) is 12.1 Å². The lowest BCUT2D eigenvalue weighted by molar-refractivity contribution is 0.0947. The Morgan fingerprint density at radius 2 is 2.00 bits per heavy atom. The fourth-order valence-electron chi connectivity index (χ4n) is 2.42. The molecule has 1 atom stereocenters. The molecular weight excluding hydrogens is 290 g/mol. The minimum atomic E-state index is -3.54. The molecule has 5 nitrogen and oxygen atoms in total. The molecule has 0 amide bonds. The van der Waals surface area contributed by atoms with E-state index in [0.29, 0.717) is 25.3 Å². The lowest BCUT2D eigenvalue weighted by Gasteiger charge is -2.23. The Kier molecular flexibility index (Phi) is 5.13. The third-order valence-corrected chi connectivity index (χ3v) is 5.64. The van der Waals surface area contributed by atoms with Gasteiger partial charge < -0.3 is 4.74 Å². The first-order chi connectivity index (χ1) is 9.95. The summed E-state index contributed by atoms with van der Waals surface area (Å²) in [6, 6.07) is 6.08. The molecule has 0 bridgehead atoms. The fourth-order valence-corrected chi connectivity index (χ4v) is 3.90. The van der Waals surface area contributed by atoms with E-state index in [0.717, 1.165) is 12.8 Å². The number of Topliss-reactive ketones (excluding diaryl/α,β-unsaturated/α-hetero) is 1. The lowest BCUT2D eigenvalue weighted by atomic mass is 10.2. The van der Waals surface area contributed by atoms with Gasteiger partial charge in [0.25, 0.3) is 0 Å². The average Bonchev–Trinajstić information content (AvgIpc) is 2.97. The van der Waals surface area contributed by atoms with Gasteiger partial charge in [-0.1, -0.05) is 19.1 Å². The summed E-state index contributed by atoms with van der Waals surface area (Å²) in [5.41, 5.74) is 0.510. The molecule has 2 rings (SSSR count). The van der Waals surface area contributed by atoms with Gasteiger partial charge >= 0.3 is 0 Å². The van der Waals surface area contributed by atoms with Crippen molar-refractivity contribution in [3.8, 4) is 0 Å². The van der Waals surface area contributed by atoms with Gasteiger partial charge in [0, 0.05) is 25.3 Å². The van der Waals surface area contributed by atoms with Crippen LogP contribution in [0.25, 0.3) is 0 Å². The molecule has 0 radical (unpaired) electrons. The zero-order chi connectivity index (χ0) is 15.5. The second-order valence-electron chi connectivity index (χ2n) is 5.17. The Labute approximate surface area is 126 Å². The quantitative estimate of drug-likeness (QED) is 0.755. The molecule has 1 aromatic carbocycles. The minimum absolute atomic E-state index is 0.0174. The Balaban J connectivity index is 2.19. The number of nitrogens with zero attached hydrogens (tertiary/aromatic N) is 1. The van der Waals surface area contributed by atoms with Crippen molar-refractivity contribution in [2.75, 3.05) is 19.7 Å². The molecule has 1 aliphatic rings. The molecule has 6 heteroatoms. The predicted octanol–water partition coefficient (Wildman–Crippen LogP) is 2.08. The maximum atomic E-state index is 12.6. The number of hydrogen-bond donors (Lipinski definition) is 0. The topological polar surface area (TPSA) is 63.7 Å². The first-order valence-electron chi connectivity index (χ1n) is 7.18. The Bertz CT molecular complexity index is 589. The largest absolute Gasteiger partial charge is 0.377 e. The molecule has 1 aliphatic heterocycles. The Morgan fingerprint density at radius 1 is 1.33 bits per heavy atom. The number of ketones is 1. The van der Waals surface area contributed by atoms with Crippen LogP contribution in [0.4, 0.5) is 0 Å². The van der Waals surface area contributed by atoms with Gasteiger partial charge in [0.15, 0.2) is 5.78 Å². The highest BCUT2D eigenvalue weighted by atomic mass is 32.2. The van der Waals surface area contributed by atoms with Gasteiger partial charge in [0.05, 0.1) is 11.0 Å². The minimum Gasteiger partial charge on any atom is -0.377 e. The predicted molar refractivity (Wildman–Crippen MR) is 79.9 cm³/mol. The number of likely N-dealkylation sites (N-methyl/N-ethyl adjacent to an activating group) is 1. The molecule has 0 aliphatic carbocycles. The zero-order valence-corrected chi connectivity index (χ0v) is 13.2. The highest BCUT2D eigenvalue weighted by Crippen LogP contribution is 2.20. The molecule has 0 aromatic heterocycles. The first kappa shape index (κ1) is 16.1. The van der Waals surface area contributed by atoms with Crippen LogP contribution >= 0.6 is 0 Å². The van der Waals surface area contributed by atoms with Crippen molar-refractivity contribution in [2.24, 2.45) is 0 Å². The molecule has 0 saturated carbocycles. The molecular formula is C15H21NO4S. The van der Waals surface area contributed by atoms with Crippen molar-refractivity contribution in [3.63, 3.8) is 0 Å². The van der Waals surface area contributed by atoms with Crippen LogP contribution in [0.15, 0.2) is 29.2 Å². The van der Waals surface area contributed by atoms with Crippen LogP contribution in [0.3, 0.4) is 0 Å². The molecule has 0 spiro atoms. The summed E-state index contributed by atoms with van der Waals surface area (Å²) in [5.74, 6) is -0.0781. The monoisotopic (exact) mass is 311 g/mol. The molecule has 21 heavy (non-hydrogen) atoms. The third-order valence-electron chi connectivity index (χ3n) is 3.68. The number of carbonyl (C=O) groups is 1. The molecule has 1 heterocycles. The van der Waals surface area contributed by atoms with Crippen molar-refractivity contribution in [3.05, 3.63) is 29.8 Å². The second kappa shape index (κ2) is 6.68. The number of hydrogen-bond acceptors (Lipinski definition) is 4. The molecule has 1 fully saturated rings. The van der Waals surface area contributed by atoms with E-state index in [2.05, 4.69) is 0 Å². The summed E-state index contributed by atoms with van der Waals surface area (Å²) in [4.78, 5) is 11.5. The van der Waals surface area contributed by atoms with Gasteiger partial charge in [-0.25, -0.2) is 8.42 Å². The molecule has 1 aromatic rings. The first-order valence-corrected chi connectivity index (χ1v) is 8.62. The maximum Gasteiger partial charge on any atom is 0.243 e. The van der Waals surface area contributed by atoms with Crippen molar-refractivity contribution in [1.29, 1.82) is 0 Å². The SMILES string of the molecule is CCN(CC1CCCO1)S(=O)(=O)c1ccc(C(C)=O)cc1. The van der Waals surface area contributed by atoms with Crippen LogP contribution < -0.4 is 0 Å². The lowest BCUT2D eigenvalue weighted by Crippen LogP contribution is -2.37. The fraction of sp³-hybridized carbons (Fsp3) is 0.533. The van der Waals surface area contributed by atoms with Gasteiger partial charge in [0.2, 0.25) is 10.0 Å². The van der Waals surface area contributed by atoms with Crippen molar-refractivity contribution < 1.29 is 17.9 Å². The molecule has 116 valence electrons. The van der Waals surface area contributed by atoms with E-state index >= 15 is 0 Å². The maximum absolute atomic E-state index is 12.6. The summed E-state index contributed by atoms with van der Waals surface area (Å²) < 4.78 is 32.2. The average molecular weight is 311 g/mol. The van der Waals surface area contributed by atoms with Crippen LogP contribution in [-0.2, 0) is 14.8 Å². The van der Waals surface area contributed by atoms with Gasteiger partial charge in [-0.3, -0.25) is 4.79 Å². The van der Waals surface area contributed by atoms with Crippen LogP contribution in [0.2, 0.25) is 0 Å². The van der Waals surface area contributed by atoms with E-state index < -0.39 is 10.0 Å². The smallest absolute Gasteiger partial charge is 0.243 e. The van der Waals surface area contributed by atoms with Crippen molar-refractivity contribution >= 4 is 15.8 Å². The highest BCUT2D eigenvalue weighted by Gasteiger charge is 2.27. The van der Waals surface area contributed by atoms with E-state index in [-0.39, 0.29) is 16.8 Å². The van der Waals surface area contributed by atoms with E-state index in [1.807, 2.05) is 6.92 Å². The van der Waals surface area contributed by atoms with E-state index in [9.17, 15) is 13.2 Å². The number of benzene rings is 1. The summed E-state index contributed by atoms with van der Waals surface area (Å²) in [5, 5.41) is 0. The van der Waals surface area contributed by atoms with Gasteiger partial charge in [0.1, 0.15) is 0 Å². The molecule has 1 unspecified atom stereocenters. The van der Waals surface area contributed by atoms with Gasteiger partial charge in [-0.2, -0.15) is 4.31 Å². The van der Waals surface area contributed by atoms with Gasteiger partial charge in [-0.15, -0.1) is 0 Å². The summed E-state index contributed by atoms with van der Waals surface area (Å²) in [7, 11) is -3.54. The number of sulfonamides is 1. The zero-order valence-electron chi connectivity index (χ0n) is 12.4. The number of carbonyl (C=O) groups excluding carboxylic acids is 1. The van der Waals surface area contributed by atoms with Crippen LogP contribution in [0.5, 0.6) is 0 Å². The van der Waals surface area contributed by atoms with Crippen molar-refractivity contribution in [1.82, 2.24) is 4.31 Å². The Hall–Kier alpha value is -1.24. The summed E-state index contributed by atoms with van der Waals surface area (Å²) >= 11 is 0. The highest BCUT2D eigenvalue weighted by molar-refractivity contribution is 7.89. The van der Waals surface area contributed by atoms with Crippen LogP contribution in [0.1, 0.15) is 37.0 Å². The van der Waals surface area contributed by atoms with Gasteiger partial charge in [-0.05, 0) is 31.9 Å². The number of ether oxygens (including phenoxy) is 1. The van der Waals surface area contributed by atoms with E-state index in [1.165, 1.54) is 23.4 Å². The van der Waals surface area contributed by atoms with Crippen LogP contribution in [-0.4, -0.2) is 44.3 Å². The normalized spacial score (nSPS) is 19.1. The number of rotatable bonds is 6. The van der Waals surface area contributed by atoms with E-state index in [4.69, 9.17) is 4.74 Å². The van der Waals surface area contributed by atoms with Crippen LogP contribution in [0, 0.1) is 0 Å². The second-order valence-corrected chi connectivity index (χ2v) is 7.11. The van der Waals surface area contributed by atoms with Crippen molar-refractivity contribution in [2.45, 2.75) is 37.7 Å². The molecule has 1 saturated heterocycles. The Morgan fingerprint density at radius 3 is 2.48 bits per heavy atom. The summed E-state index contributed by atoms with van der Waals surface area (Å²) in [6.45, 7) is 4.76. The standard InChI is InChI=1S/C15H21NO4S/c1-3-16(11-14-5-4-10-20-14)21(18,19)15-8-6-13(7-9-15)12(2)17/h6-9,14H,3-5,10-11H2,1-2H3. The molecule has 0 N–H and O–H groups in total. The summed E-state index contributed by atoms with van der Waals surface area (Å²) in [6.07, 6.45) is 1.86. The third kappa shape index (κ3) is 3.70.